The molecule has 0 fully saturated rings. The van der Waals surface area contributed by atoms with E-state index in [2.05, 4.69) is 9.72 Å². The van der Waals surface area contributed by atoms with E-state index in [4.69, 9.17) is 4.74 Å². The van der Waals surface area contributed by atoms with E-state index in [1.54, 1.807) is 6.92 Å². The second-order valence-corrected chi connectivity index (χ2v) is 2.88. The highest BCUT2D eigenvalue weighted by Gasteiger charge is 2.13. The van der Waals surface area contributed by atoms with Gasteiger partial charge < -0.3 is 9.47 Å². The Labute approximate surface area is 91.2 Å². The van der Waals surface area contributed by atoms with Crippen LogP contribution in [0.4, 0.5) is 8.78 Å². The van der Waals surface area contributed by atoms with Crippen LogP contribution in [0.15, 0.2) is 12.1 Å². The molecule has 0 aliphatic heterocycles. The van der Waals surface area contributed by atoms with Gasteiger partial charge in [0.2, 0.25) is 5.88 Å². The first kappa shape index (κ1) is 12.4. The number of alkyl halides is 2. The number of nitrogens with zero attached hydrogens (tertiary/aromatic N) is 1. The monoisotopic (exact) mass is 231 g/mol. The molecule has 0 saturated heterocycles. The summed E-state index contributed by atoms with van der Waals surface area (Å²) >= 11 is 0. The molecule has 0 saturated carbocycles. The summed E-state index contributed by atoms with van der Waals surface area (Å²) in [5.41, 5.74) is 0.528. The van der Waals surface area contributed by atoms with E-state index >= 15 is 0 Å². The average Bonchev–Trinajstić information content (AvgIpc) is 2.16. The lowest BCUT2D eigenvalue weighted by atomic mass is 10.2. The molecule has 0 N–H and O–H groups in total. The van der Waals surface area contributed by atoms with Gasteiger partial charge in [-0.1, -0.05) is 0 Å². The summed E-state index contributed by atoms with van der Waals surface area (Å²) in [6.07, 6.45) is 0. The SMILES string of the molecule is CCOC(=O)c1ccc(OC(F)F)nc1C. The van der Waals surface area contributed by atoms with Crippen LogP contribution < -0.4 is 4.74 Å². The molecule has 0 atom stereocenters. The molecule has 0 radical (unpaired) electrons. The Bertz CT molecular complexity index is 382. The summed E-state index contributed by atoms with van der Waals surface area (Å²) in [7, 11) is 0. The second-order valence-electron chi connectivity index (χ2n) is 2.88. The maximum atomic E-state index is 11.9. The van der Waals surface area contributed by atoms with Crippen LogP contribution in [0, 0.1) is 6.92 Å². The van der Waals surface area contributed by atoms with Gasteiger partial charge in [-0.3, -0.25) is 0 Å². The van der Waals surface area contributed by atoms with Crippen molar-refractivity contribution in [2.45, 2.75) is 20.5 Å². The molecular formula is C10H11F2NO3. The van der Waals surface area contributed by atoms with Crippen LogP contribution in [0.2, 0.25) is 0 Å². The Kier molecular flexibility index (Phi) is 4.16. The highest BCUT2D eigenvalue weighted by atomic mass is 19.3. The summed E-state index contributed by atoms with van der Waals surface area (Å²) in [5, 5.41) is 0. The van der Waals surface area contributed by atoms with Gasteiger partial charge >= 0.3 is 12.6 Å². The number of halogens is 2. The van der Waals surface area contributed by atoms with Crippen molar-refractivity contribution >= 4 is 5.97 Å². The smallest absolute Gasteiger partial charge is 0.388 e. The minimum absolute atomic E-state index is 0.222. The third-order valence-corrected chi connectivity index (χ3v) is 1.77. The summed E-state index contributed by atoms with van der Waals surface area (Å²) < 4.78 is 32.6. The normalized spacial score (nSPS) is 10.3. The van der Waals surface area contributed by atoms with Crippen LogP contribution in [-0.2, 0) is 4.74 Å². The maximum Gasteiger partial charge on any atom is 0.388 e. The Hall–Kier alpha value is -1.72. The minimum atomic E-state index is -2.93. The molecule has 0 bridgehead atoms. The lowest BCUT2D eigenvalue weighted by Crippen LogP contribution is -2.09. The standard InChI is InChI=1S/C10H11F2NO3/c1-3-15-9(14)7-4-5-8(13-6(7)2)16-10(11)12/h4-5,10H,3H2,1-2H3. The van der Waals surface area contributed by atoms with Crippen LogP contribution in [0.5, 0.6) is 5.88 Å². The number of aryl methyl sites for hydroxylation is 1. The van der Waals surface area contributed by atoms with E-state index in [0.717, 1.165) is 0 Å². The number of hydrogen-bond donors (Lipinski definition) is 0. The molecule has 4 nitrogen and oxygen atoms in total. The summed E-state index contributed by atoms with van der Waals surface area (Å²) in [5.74, 6) is -0.753. The molecule has 16 heavy (non-hydrogen) atoms. The zero-order valence-corrected chi connectivity index (χ0v) is 8.87. The fourth-order valence-electron chi connectivity index (χ4n) is 1.12. The molecule has 0 spiro atoms. The Morgan fingerprint density at radius 3 is 2.69 bits per heavy atom. The van der Waals surface area contributed by atoms with Crippen LogP contribution in [0.1, 0.15) is 23.0 Å². The van der Waals surface area contributed by atoms with Gasteiger partial charge in [-0.25, -0.2) is 9.78 Å². The van der Waals surface area contributed by atoms with Crippen LogP contribution in [0.25, 0.3) is 0 Å². The van der Waals surface area contributed by atoms with Gasteiger partial charge in [0.05, 0.1) is 17.9 Å². The van der Waals surface area contributed by atoms with E-state index in [0.29, 0.717) is 0 Å². The van der Waals surface area contributed by atoms with E-state index < -0.39 is 12.6 Å². The van der Waals surface area contributed by atoms with E-state index in [1.807, 2.05) is 0 Å². The average molecular weight is 231 g/mol. The van der Waals surface area contributed by atoms with E-state index in [9.17, 15) is 13.6 Å². The summed E-state index contributed by atoms with van der Waals surface area (Å²) in [4.78, 5) is 15.1. The Morgan fingerprint density at radius 2 is 2.19 bits per heavy atom. The molecule has 0 amide bonds. The molecule has 88 valence electrons. The zero-order valence-electron chi connectivity index (χ0n) is 8.87. The molecular weight excluding hydrogens is 220 g/mol. The van der Waals surface area contributed by atoms with Gasteiger partial charge in [-0.2, -0.15) is 8.78 Å². The topological polar surface area (TPSA) is 48.4 Å². The highest BCUT2D eigenvalue weighted by molar-refractivity contribution is 5.90. The highest BCUT2D eigenvalue weighted by Crippen LogP contribution is 2.15. The largest absolute Gasteiger partial charge is 0.462 e. The Morgan fingerprint density at radius 1 is 1.50 bits per heavy atom. The van der Waals surface area contributed by atoms with Gasteiger partial charge in [0, 0.05) is 6.07 Å². The third kappa shape index (κ3) is 3.15. The molecule has 0 aliphatic rings. The number of hydrogen-bond acceptors (Lipinski definition) is 4. The third-order valence-electron chi connectivity index (χ3n) is 1.77. The van der Waals surface area contributed by atoms with E-state index in [-0.39, 0.29) is 23.7 Å². The summed E-state index contributed by atoms with van der Waals surface area (Å²) in [6, 6.07) is 2.55. The zero-order chi connectivity index (χ0) is 12.1. The predicted molar refractivity (Wildman–Crippen MR) is 51.6 cm³/mol. The van der Waals surface area contributed by atoms with Crippen molar-refractivity contribution in [3.63, 3.8) is 0 Å². The van der Waals surface area contributed by atoms with Crippen LogP contribution >= 0.6 is 0 Å². The van der Waals surface area contributed by atoms with Crippen molar-refractivity contribution in [2.75, 3.05) is 6.61 Å². The predicted octanol–water partition coefficient (Wildman–Crippen LogP) is 2.17. The van der Waals surface area contributed by atoms with Gasteiger partial charge in [0.25, 0.3) is 0 Å². The van der Waals surface area contributed by atoms with Gasteiger partial charge in [0.1, 0.15) is 0 Å². The number of ether oxygens (including phenoxy) is 2. The van der Waals surface area contributed by atoms with Crippen molar-refractivity contribution < 1.29 is 23.0 Å². The van der Waals surface area contributed by atoms with Crippen LogP contribution in [0.3, 0.4) is 0 Å². The fraction of sp³-hybridized carbons (Fsp3) is 0.400. The van der Waals surface area contributed by atoms with E-state index in [1.165, 1.54) is 19.1 Å². The van der Waals surface area contributed by atoms with Crippen molar-refractivity contribution in [2.24, 2.45) is 0 Å². The first-order chi connectivity index (χ1) is 7.54. The molecule has 0 unspecified atom stereocenters. The van der Waals surface area contributed by atoms with Gasteiger partial charge in [-0.15, -0.1) is 0 Å². The quantitative estimate of drug-likeness (QED) is 0.745. The van der Waals surface area contributed by atoms with Crippen molar-refractivity contribution in [3.8, 4) is 5.88 Å². The lowest BCUT2D eigenvalue weighted by molar-refractivity contribution is -0.0529. The van der Waals surface area contributed by atoms with Crippen molar-refractivity contribution in [3.05, 3.63) is 23.4 Å². The molecule has 1 aromatic heterocycles. The molecule has 1 aromatic rings. The van der Waals surface area contributed by atoms with Crippen molar-refractivity contribution in [1.82, 2.24) is 4.98 Å². The number of carbonyl (C=O) groups excluding carboxylic acids is 1. The molecule has 1 heterocycles. The first-order valence-electron chi connectivity index (χ1n) is 4.64. The number of esters is 1. The second kappa shape index (κ2) is 5.39. The lowest BCUT2D eigenvalue weighted by Gasteiger charge is -2.07. The number of aromatic nitrogens is 1. The number of rotatable bonds is 4. The molecule has 1 rings (SSSR count). The minimum Gasteiger partial charge on any atom is -0.462 e. The number of carbonyl (C=O) groups is 1. The van der Waals surface area contributed by atoms with Crippen molar-refractivity contribution in [1.29, 1.82) is 0 Å². The fourth-order valence-corrected chi connectivity index (χ4v) is 1.12. The van der Waals surface area contributed by atoms with Gasteiger partial charge in [0.15, 0.2) is 0 Å². The maximum absolute atomic E-state index is 11.9. The number of pyridine rings is 1. The van der Waals surface area contributed by atoms with Gasteiger partial charge in [-0.05, 0) is 19.9 Å². The molecule has 6 heteroatoms. The first-order valence-corrected chi connectivity index (χ1v) is 4.64. The summed E-state index contributed by atoms with van der Waals surface area (Å²) in [6.45, 7) is 0.507. The van der Waals surface area contributed by atoms with Crippen LogP contribution in [-0.4, -0.2) is 24.2 Å². The molecule has 0 aromatic carbocycles. The Balaban J connectivity index is 2.87. The molecule has 0 aliphatic carbocycles.